The molecule has 0 N–H and O–H groups in total. The van der Waals surface area contributed by atoms with Crippen LogP contribution in [0.5, 0.6) is 5.88 Å². The number of rotatable bonds is 3. The number of ether oxygens (including phenoxy) is 1. The SMILES string of the molecule is Cc1cncc(OC2CCN(c3ncc(Br)cc3C(F)(F)F)CC2)n1. The fraction of sp³-hybridized carbons (Fsp3) is 0.438. The van der Waals surface area contributed by atoms with Gasteiger partial charge >= 0.3 is 6.18 Å². The highest BCUT2D eigenvalue weighted by atomic mass is 79.9. The second-order valence-electron chi connectivity index (χ2n) is 5.83. The number of pyridine rings is 1. The highest BCUT2D eigenvalue weighted by Gasteiger charge is 2.37. The van der Waals surface area contributed by atoms with Crippen molar-refractivity contribution in [3.05, 3.63) is 40.4 Å². The quantitative estimate of drug-likeness (QED) is 0.756. The number of hydrogen-bond acceptors (Lipinski definition) is 5. The van der Waals surface area contributed by atoms with E-state index >= 15 is 0 Å². The van der Waals surface area contributed by atoms with Gasteiger partial charge in [-0.1, -0.05) is 0 Å². The fourth-order valence-corrected chi connectivity index (χ4v) is 3.08. The molecule has 0 aromatic carbocycles. The Morgan fingerprint density at radius 2 is 1.92 bits per heavy atom. The summed E-state index contributed by atoms with van der Waals surface area (Å²) in [6.07, 6.45) is 1.18. The van der Waals surface area contributed by atoms with Gasteiger partial charge in [0.15, 0.2) is 0 Å². The fourth-order valence-electron chi connectivity index (χ4n) is 2.75. The summed E-state index contributed by atoms with van der Waals surface area (Å²) in [5, 5.41) is 0. The molecule has 0 aliphatic carbocycles. The van der Waals surface area contributed by atoms with E-state index in [0.717, 1.165) is 11.8 Å². The Balaban J connectivity index is 1.68. The Bertz CT molecular complexity index is 748. The van der Waals surface area contributed by atoms with Gasteiger partial charge in [0.05, 0.1) is 17.5 Å². The van der Waals surface area contributed by atoms with Crippen LogP contribution < -0.4 is 9.64 Å². The van der Waals surface area contributed by atoms with Crippen molar-refractivity contribution >= 4 is 21.7 Å². The van der Waals surface area contributed by atoms with Gasteiger partial charge in [0.25, 0.3) is 0 Å². The number of piperidine rings is 1. The Morgan fingerprint density at radius 1 is 1.20 bits per heavy atom. The third kappa shape index (κ3) is 4.39. The first-order chi connectivity index (χ1) is 11.8. The average Bonchev–Trinajstić information content (AvgIpc) is 2.55. The summed E-state index contributed by atoms with van der Waals surface area (Å²) in [6.45, 7) is 2.68. The highest BCUT2D eigenvalue weighted by molar-refractivity contribution is 9.10. The van der Waals surface area contributed by atoms with Gasteiger partial charge in [-0.3, -0.25) is 4.98 Å². The van der Waals surface area contributed by atoms with Crippen molar-refractivity contribution in [2.45, 2.75) is 32.0 Å². The Labute approximate surface area is 151 Å². The molecule has 2 aromatic heterocycles. The van der Waals surface area contributed by atoms with E-state index in [9.17, 15) is 13.2 Å². The van der Waals surface area contributed by atoms with E-state index < -0.39 is 11.7 Å². The summed E-state index contributed by atoms with van der Waals surface area (Å²) in [5.41, 5.74) is 0.0228. The molecule has 134 valence electrons. The number of nitrogens with zero attached hydrogens (tertiary/aromatic N) is 4. The maximum atomic E-state index is 13.3. The summed E-state index contributed by atoms with van der Waals surface area (Å²) >= 11 is 3.05. The van der Waals surface area contributed by atoms with Crippen LogP contribution >= 0.6 is 15.9 Å². The molecule has 2 aromatic rings. The minimum absolute atomic E-state index is 0.0375. The molecule has 0 unspecified atom stereocenters. The lowest BCUT2D eigenvalue weighted by Crippen LogP contribution is -2.39. The molecule has 0 bridgehead atoms. The van der Waals surface area contributed by atoms with E-state index in [1.54, 1.807) is 11.1 Å². The van der Waals surface area contributed by atoms with Crippen LogP contribution in [0.25, 0.3) is 0 Å². The molecule has 0 spiro atoms. The van der Waals surface area contributed by atoms with E-state index in [2.05, 4.69) is 30.9 Å². The van der Waals surface area contributed by atoms with E-state index in [-0.39, 0.29) is 11.9 Å². The van der Waals surface area contributed by atoms with Crippen LogP contribution in [0.1, 0.15) is 24.1 Å². The van der Waals surface area contributed by atoms with Gasteiger partial charge in [-0.05, 0) is 28.9 Å². The third-order valence-electron chi connectivity index (χ3n) is 3.90. The molecule has 0 saturated carbocycles. The Morgan fingerprint density at radius 3 is 2.56 bits per heavy atom. The van der Waals surface area contributed by atoms with Crippen molar-refractivity contribution in [3.63, 3.8) is 0 Å². The first kappa shape index (κ1) is 17.9. The van der Waals surface area contributed by atoms with Crippen LogP contribution in [0.2, 0.25) is 0 Å². The Hall–Kier alpha value is -1.90. The van der Waals surface area contributed by atoms with Crippen molar-refractivity contribution in [3.8, 4) is 5.88 Å². The highest BCUT2D eigenvalue weighted by Crippen LogP contribution is 2.37. The number of halogens is 4. The molecule has 0 radical (unpaired) electrons. The monoisotopic (exact) mass is 416 g/mol. The molecule has 1 aliphatic rings. The average molecular weight is 417 g/mol. The third-order valence-corrected chi connectivity index (χ3v) is 4.33. The zero-order chi connectivity index (χ0) is 18.0. The molecule has 0 amide bonds. The first-order valence-electron chi connectivity index (χ1n) is 7.76. The molecule has 0 atom stereocenters. The number of alkyl halides is 3. The topological polar surface area (TPSA) is 51.1 Å². The van der Waals surface area contributed by atoms with E-state index in [0.29, 0.717) is 36.3 Å². The van der Waals surface area contributed by atoms with Crippen molar-refractivity contribution in [2.75, 3.05) is 18.0 Å². The number of anilines is 1. The van der Waals surface area contributed by atoms with Crippen molar-refractivity contribution in [1.82, 2.24) is 15.0 Å². The van der Waals surface area contributed by atoms with Gasteiger partial charge in [-0.15, -0.1) is 0 Å². The predicted molar refractivity (Wildman–Crippen MR) is 89.6 cm³/mol. The smallest absolute Gasteiger partial charge is 0.419 e. The lowest BCUT2D eigenvalue weighted by molar-refractivity contribution is -0.137. The summed E-state index contributed by atoms with van der Waals surface area (Å²) < 4.78 is 45.9. The molecule has 3 heterocycles. The predicted octanol–water partition coefficient (Wildman–Crippen LogP) is 4.01. The summed E-state index contributed by atoms with van der Waals surface area (Å²) in [5.74, 6) is 0.403. The number of hydrogen-bond donors (Lipinski definition) is 0. The standard InChI is InChI=1S/C16H16BrF3N4O/c1-10-7-21-9-14(23-10)25-12-2-4-24(5-3-12)15-13(16(18,19)20)6-11(17)8-22-15/h6-9,12H,2-5H2,1H3. The van der Waals surface area contributed by atoms with Gasteiger partial charge in [-0.2, -0.15) is 13.2 Å². The van der Waals surface area contributed by atoms with E-state index in [1.165, 1.54) is 12.4 Å². The molecule has 1 fully saturated rings. The molecule has 1 saturated heterocycles. The summed E-state index contributed by atoms with van der Waals surface area (Å²) in [6, 6.07) is 1.06. The molecular formula is C16H16BrF3N4O. The maximum absolute atomic E-state index is 13.3. The molecule has 3 rings (SSSR count). The van der Waals surface area contributed by atoms with E-state index in [1.807, 2.05) is 6.92 Å². The van der Waals surface area contributed by atoms with Crippen LogP contribution in [-0.2, 0) is 6.18 Å². The first-order valence-corrected chi connectivity index (χ1v) is 8.55. The van der Waals surface area contributed by atoms with Crippen LogP contribution in [0.3, 0.4) is 0 Å². The molecular weight excluding hydrogens is 401 g/mol. The van der Waals surface area contributed by atoms with Gasteiger partial charge < -0.3 is 9.64 Å². The van der Waals surface area contributed by atoms with Crippen LogP contribution in [-0.4, -0.2) is 34.1 Å². The normalized spacial score (nSPS) is 16.1. The lowest BCUT2D eigenvalue weighted by Gasteiger charge is -2.33. The van der Waals surface area contributed by atoms with Gasteiger partial charge in [-0.25, -0.2) is 9.97 Å². The van der Waals surface area contributed by atoms with Crippen LogP contribution in [0, 0.1) is 6.92 Å². The van der Waals surface area contributed by atoms with Crippen molar-refractivity contribution in [2.24, 2.45) is 0 Å². The number of aryl methyl sites for hydroxylation is 1. The molecule has 25 heavy (non-hydrogen) atoms. The van der Waals surface area contributed by atoms with Crippen molar-refractivity contribution < 1.29 is 17.9 Å². The summed E-state index contributed by atoms with van der Waals surface area (Å²) in [7, 11) is 0. The van der Waals surface area contributed by atoms with E-state index in [4.69, 9.17) is 4.74 Å². The minimum Gasteiger partial charge on any atom is -0.473 e. The van der Waals surface area contributed by atoms with Gasteiger partial charge in [0, 0.05) is 42.8 Å². The lowest BCUT2D eigenvalue weighted by atomic mass is 10.1. The molecule has 5 nitrogen and oxygen atoms in total. The van der Waals surface area contributed by atoms with Gasteiger partial charge in [0.2, 0.25) is 5.88 Å². The second-order valence-corrected chi connectivity index (χ2v) is 6.74. The largest absolute Gasteiger partial charge is 0.473 e. The van der Waals surface area contributed by atoms with Gasteiger partial charge in [0.1, 0.15) is 11.9 Å². The van der Waals surface area contributed by atoms with Crippen LogP contribution in [0.15, 0.2) is 29.1 Å². The maximum Gasteiger partial charge on any atom is 0.419 e. The molecule has 9 heteroatoms. The Kier molecular flexibility index (Phi) is 5.12. The second kappa shape index (κ2) is 7.15. The summed E-state index contributed by atoms with van der Waals surface area (Å²) in [4.78, 5) is 13.9. The molecule has 1 aliphatic heterocycles. The minimum atomic E-state index is -4.45. The van der Waals surface area contributed by atoms with Crippen molar-refractivity contribution in [1.29, 1.82) is 0 Å². The number of aromatic nitrogens is 3. The zero-order valence-corrected chi connectivity index (χ0v) is 15.0. The zero-order valence-electron chi connectivity index (χ0n) is 13.4. The van der Waals surface area contributed by atoms with Crippen LogP contribution in [0.4, 0.5) is 19.0 Å².